The molecular formula is C16H13ClN2O2. The van der Waals surface area contributed by atoms with E-state index in [2.05, 4.69) is 4.98 Å². The summed E-state index contributed by atoms with van der Waals surface area (Å²) in [5.74, 6) is -1.00. The van der Waals surface area contributed by atoms with E-state index >= 15 is 0 Å². The van der Waals surface area contributed by atoms with Gasteiger partial charge in [0.05, 0.1) is 0 Å². The van der Waals surface area contributed by atoms with Gasteiger partial charge in [0.25, 0.3) is 0 Å². The smallest absolute Gasteiger partial charge is 0.355 e. The third-order valence-electron chi connectivity index (χ3n) is 3.48. The fourth-order valence-electron chi connectivity index (χ4n) is 2.40. The molecule has 0 aliphatic rings. The molecule has 2 heterocycles. The fourth-order valence-corrected chi connectivity index (χ4v) is 2.52. The Morgan fingerprint density at radius 1 is 1.24 bits per heavy atom. The molecule has 1 N–H and O–H groups in total. The van der Waals surface area contributed by atoms with Crippen LogP contribution in [-0.4, -0.2) is 20.5 Å². The minimum atomic E-state index is -1.00. The van der Waals surface area contributed by atoms with Crippen molar-refractivity contribution >= 4 is 23.2 Å². The van der Waals surface area contributed by atoms with Crippen LogP contribution < -0.4 is 0 Å². The van der Waals surface area contributed by atoms with Crippen molar-refractivity contribution in [2.75, 3.05) is 0 Å². The summed E-state index contributed by atoms with van der Waals surface area (Å²) in [7, 11) is 0. The molecule has 3 aromatic rings. The van der Waals surface area contributed by atoms with Crippen molar-refractivity contribution < 1.29 is 9.90 Å². The molecule has 4 nitrogen and oxygen atoms in total. The van der Waals surface area contributed by atoms with Gasteiger partial charge in [0.1, 0.15) is 11.3 Å². The summed E-state index contributed by atoms with van der Waals surface area (Å²) < 4.78 is 1.61. The zero-order chi connectivity index (χ0) is 15.1. The Bertz CT molecular complexity index is 868. The fraction of sp³-hybridized carbons (Fsp3) is 0.125. The maximum Gasteiger partial charge on any atom is 0.355 e. The first kappa shape index (κ1) is 13.6. The lowest BCUT2D eigenvalue weighted by Crippen LogP contribution is -2.03. The summed E-state index contributed by atoms with van der Waals surface area (Å²) in [6.45, 7) is 3.79. The zero-order valence-corrected chi connectivity index (χ0v) is 12.3. The molecular weight excluding hydrogens is 288 g/mol. The van der Waals surface area contributed by atoms with Gasteiger partial charge < -0.3 is 5.11 Å². The van der Waals surface area contributed by atoms with Crippen LogP contribution in [0.15, 0.2) is 36.5 Å². The Kier molecular flexibility index (Phi) is 3.18. The zero-order valence-electron chi connectivity index (χ0n) is 11.6. The Morgan fingerprint density at radius 2 is 2.00 bits per heavy atom. The van der Waals surface area contributed by atoms with Gasteiger partial charge in [-0.1, -0.05) is 23.7 Å². The maximum atomic E-state index is 11.6. The summed E-state index contributed by atoms with van der Waals surface area (Å²) in [5.41, 5.74) is 3.83. The molecule has 5 heteroatoms. The second-order valence-electron chi connectivity index (χ2n) is 4.96. The first-order valence-corrected chi connectivity index (χ1v) is 6.84. The van der Waals surface area contributed by atoms with Crippen LogP contribution in [0.1, 0.15) is 21.6 Å². The molecule has 3 rings (SSSR count). The number of carbonyl (C=O) groups is 1. The Labute approximate surface area is 126 Å². The van der Waals surface area contributed by atoms with Crippen molar-refractivity contribution in [3.63, 3.8) is 0 Å². The Hall–Kier alpha value is -2.33. The molecule has 0 fully saturated rings. The molecule has 0 unspecified atom stereocenters. The molecule has 1 aromatic carbocycles. The lowest BCUT2D eigenvalue weighted by Gasteiger charge is -2.03. The molecule has 0 aliphatic carbocycles. The van der Waals surface area contributed by atoms with E-state index in [4.69, 9.17) is 11.6 Å². The first-order chi connectivity index (χ1) is 9.99. The molecule has 0 aliphatic heterocycles. The van der Waals surface area contributed by atoms with Crippen LogP contribution in [0.25, 0.3) is 16.9 Å². The number of rotatable bonds is 2. The minimum absolute atomic E-state index is 0.162. The number of benzene rings is 1. The van der Waals surface area contributed by atoms with E-state index in [1.54, 1.807) is 22.7 Å². The highest BCUT2D eigenvalue weighted by Crippen LogP contribution is 2.28. The van der Waals surface area contributed by atoms with Gasteiger partial charge in [0.2, 0.25) is 0 Å². The minimum Gasteiger partial charge on any atom is -0.476 e. The summed E-state index contributed by atoms with van der Waals surface area (Å²) >= 11 is 6.03. The van der Waals surface area contributed by atoms with Crippen molar-refractivity contribution in [2.45, 2.75) is 13.8 Å². The van der Waals surface area contributed by atoms with Crippen molar-refractivity contribution in [1.29, 1.82) is 0 Å². The van der Waals surface area contributed by atoms with E-state index < -0.39 is 5.97 Å². The van der Waals surface area contributed by atoms with Crippen molar-refractivity contribution in [3.8, 4) is 11.3 Å². The van der Waals surface area contributed by atoms with Crippen LogP contribution in [-0.2, 0) is 0 Å². The predicted octanol–water partition coefficient (Wildman–Crippen LogP) is 3.97. The molecule has 0 saturated carbocycles. The molecule has 0 atom stereocenters. The van der Waals surface area contributed by atoms with E-state index in [1.165, 1.54) is 0 Å². The van der Waals surface area contributed by atoms with Crippen LogP contribution in [0, 0.1) is 13.8 Å². The molecule has 0 saturated heterocycles. The van der Waals surface area contributed by atoms with Crippen molar-refractivity contribution in [2.24, 2.45) is 0 Å². The second kappa shape index (κ2) is 4.90. The number of nitrogens with zero attached hydrogens (tertiary/aromatic N) is 2. The summed E-state index contributed by atoms with van der Waals surface area (Å²) in [4.78, 5) is 16.2. The molecule has 0 spiro atoms. The number of carboxylic acid groups (broad SMARTS) is 1. The van der Waals surface area contributed by atoms with E-state index in [0.717, 1.165) is 16.7 Å². The first-order valence-electron chi connectivity index (χ1n) is 6.46. The lowest BCUT2D eigenvalue weighted by atomic mass is 10.1. The molecule has 2 aromatic heterocycles. The van der Waals surface area contributed by atoms with E-state index in [0.29, 0.717) is 16.4 Å². The lowest BCUT2D eigenvalue weighted by molar-refractivity contribution is 0.0690. The monoisotopic (exact) mass is 300 g/mol. The van der Waals surface area contributed by atoms with Gasteiger partial charge in [-0.2, -0.15) is 0 Å². The van der Waals surface area contributed by atoms with Crippen LogP contribution in [0.4, 0.5) is 0 Å². The van der Waals surface area contributed by atoms with Gasteiger partial charge in [-0.3, -0.25) is 4.40 Å². The Balaban J connectivity index is 2.36. The molecule has 0 amide bonds. The number of aromatic carboxylic acids is 1. The number of fused-ring (bicyclic) bond motifs is 1. The molecule has 106 valence electrons. The highest BCUT2D eigenvalue weighted by molar-refractivity contribution is 6.31. The summed E-state index contributed by atoms with van der Waals surface area (Å²) in [6.07, 6.45) is 1.71. The van der Waals surface area contributed by atoms with Gasteiger partial charge >= 0.3 is 5.97 Å². The number of carboxylic acids is 1. The number of halogens is 1. The van der Waals surface area contributed by atoms with Crippen molar-refractivity contribution in [1.82, 2.24) is 9.38 Å². The predicted molar refractivity (Wildman–Crippen MR) is 82.1 cm³/mol. The quantitative estimate of drug-likeness (QED) is 0.779. The topological polar surface area (TPSA) is 54.6 Å². The van der Waals surface area contributed by atoms with E-state index in [1.807, 2.05) is 32.0 Å². The van der Waals surface area contributed by atoms with Gasteiger partial charge in [-0.25, -0.2) is 9.78 Å². The molecule has 21 heavy (non-hydrogen) atoms. The normalized spacial score (nSPS) is 11.0. The van der Waals surface area contributed by atoms with E-state index in [-0.39, 0.29) is 5.69 Å². The highest BCUT2D eigenvalue weighted by atomic mass is 35.5. The number of imidazole rings is 1. The third kappa shape index (κ3) is 2.17. The summed E-state index contributed by atoms with van der Waals surface area (Å²) in [5, 5.41) is 10.2. The Morgan fingerprint density at radius 3 is 2.67 bits per heavy atom. The number of hydrogen-bond acceptors (Lipinski definition) is 2. The highest BCUT2D eigenvalue weighted by Gasteiger charge is 2.20. The largest absolute Gasteiger partial charge is 0.476 e. The van der Waals surface area contributed by atoms with Crippen LogP contribution in [0.5, 0.6) is 0 Å². The maximum absolute atomic E-state index is 11.6. The second-order valence-corrected chi connectivity index (χ2v) is 5.37. The van der Waals surface area contributed by atoms with Gasteiger partial charge in [0.15, 0.2) is 5.69 Å². The number of hydrogen-bond donors (Lipinski definition) is 1. The number of aromatic nitrogens is 2. The van der Waals surface area contributed by atoms with Gasteiger partial charge in [-0.15, -0.1) is 0 Å². The van der Waals surface area contributed by atoms with Crippen LogP contribution in [0.3, 0.4) is 0 Å². The standard InChI is InChI=1S/C16H13ClN2O2/c1-9-4-3-7-19-14(16(20)21)13(18-15(9)19)11-5-6-12(17)10(2)8-11/h3-8H,1-2H3,(H,20,21). The number of aryl methyl sites for hydroxylation is 2. The third-order valence-corrected chi connectivity index (χ3v) is 3.90. The summed E-state index contributed by atoms with van der Waals surface area (Å²) in [6, 6.07) is 9.12. The van der Waals surface area contributed by atoms with Crippen LogP contribution in [0.2, 0.25) is 5.02 Å². The van der Waals surface area contributed by atoms with Gasteiger partial charge in [-0.05, 0) is 43.2 Å². The van der Waals surface area contributed by atoms with Crippen LogP contribution >= 0.6 is 11.6 Å². The average molecular weight is 301 g/mol. The average Bonchev–Trinajstić information content (AvgIpc) is 2.83. The molecule has 0 bridgehead atoms. The number of pyridine rings is 1. The SMILES string of the molecule is Cc1cc(-c2nc3c(C)cccn3c2C(=O)O)ccc1Cl. The van der Waals surface area contributed by atoms with E-state index in [9.17, 15) is 9.90 Å². The molecule has 0 radical (unpaired) electrons. The van der Waals surface area contributed by atoms with Gasteiger partial charge in [0, 0.05) is 16.8 Å². The van der Waals surface area contributed by atoms with Crippen molar-refractivity contribution in [3.05, 3.63) is 58.4 Å².